The van der Waals surface area contributed by atoms with E-state index in [1.54, 1.807) is 15.6 Å². The number of hydrogen-bond donors (Lipinski definition) is 1. The van der Waals surface area contributed by atoms with Crippen molar-refractivity contribution >= 4 is 17.7 Å². The summed E-state index contributed by atoms with van der Waals surface area (Å²) in [5.74, 6) is -0.922. The summed E-state index contributed by atoms with van der Waals surface area (Å²) in [6.45, 7) is 0.285. The third-order valence-electron chi connectivity index (χ3n) is 6.86. The number of amides is 3. The Labute approximate surface area is 189 Å². The zero-order valence-electron chi connectivity index (χ0n) is 18.2. The molecule has 3 aliphatic rings. The Morgan fingerprint density at radius 1 is 1.06 bits per heavy atom. The Morgan fingerprint density at radius 3 is 2.76 bits per heavy atom. The van der Waals surface area contributed by atoms with Crippen LogP contribution in [0.3, 0.4) is 0 Å². The standard InChI is InChI=1S/C23H23N7O3/c1-28-21(14-5-2-3-7-16(14)26-28)17-12-30(27-25-17)18-8-4-6-13-15(18)11-29(23(13)33)19-9-10-20(31)24-22(19)32/h4,6,8,12,19H,2-3,5,7,9-11H2,1H3,(H,24,31,32). The fraction of sp³-hybridized carbons (Fsp3) is 0.391. The maximum atomic E-state index is 13.1. The number of carbonyl (C=O) groups is 3. The van der Waals surface area contributed by atoms with E-state index >= 15 is 0 Å². The average molecular weight is 445 g/mol. The van der Waals surface area contributed by atoms with Crippen LogP contribution in [0.15, 0.2) is 24.4 Å². The van der Waals surface area contributed by atoms with Gasteiger partial charge in [0.25, 0.3) is 5.91 Å². The van der Waals surface area contributed by atoms with Crippen LogP contribution in [0.2, 0.25) is 0 Å². The second-order valence-electron chi connectivity index (χ2n) is 8.86. The highest BCUT2D eigenvalue weighted by atomic mass is 16.2. The summed E-state index contributed by atoms with van der Waals surface area (Å²) in [5, 5.41) is 15.8. The fourth-order valence-electron chi connectivity index (χ4n) is 5.28. The van der Waals surface area contributed by atoms with Crippen LogP contribution < -0.4 is 5.32 Å². The lowest BCUT2D eigenvalue weighted by molar-refractivity contribution is -0.136. The molecule has 3 aromatic rings. The maximum absolute atomic E-state index is 13.1. The van der Waals surface area contributed by atoms with Crippen molar-refractivity contribution in [2.24, 2.45) is 7.05 Å². The molecule has 1 N–H and O–H groups in total. The van der Waals surface area contributed by atoms with Crippen molar-refractivity contribution in [3.05, 3.63) is 46.8 Å². The molecule has 4 heterocycles. The summed E-state index contributed by atoms with van der Waals surface area (Å²) in [7, 11) is 1.93. The number of nitrogens with one attached hydrogen (secondary N) is 1. The smallest absolute Gasteiger partial charge is 0.255 e. The zero-order valence-corrected chi connectivity index (χ0v) is 18.2. The van der Waals surface area contributed by atoms with Gasteiger partial charge < -0.3 is 4.90 Å². The van der Waals surface area contributed by atoms with Crippen LogP contribution in [0.5, 0.6) is 0 Å². The molecule has 0 spiro atoms. The number of aromatic nitrogens is 5. The summed E-state index contributed by atoms with van der Waals surface area (Å²) < 4.78 is 3.58. The van der Waals surface area contributed by atoms with E-state index in [0.29, 0.717) is 12.0 Å². The fourth-order valence-corrected chi connectivity index (χ4v) is 5.28. The van der Waals surface area contributed by atoms with E-state index in [-0.39, 0.29) is 24.8 Å². The highest BCUT2D eigenvalue weighted by Gasteiger charge is 2.40. The van der Waals surface area contributed by atoms with E-state index < -0.39 is 11.9 Å². The number of hydrogen-bond acceptors (Lipinski definition) is 6. The predicted molar refractivity (Wildman–Crippen MR) is 116 cm³/mol. The van der Waals surface area contributed by atoms with Crippen LogP contribution in [0.25, 0.3) is 17.1 Å². The summed E-state index contributed by atoms with van der Waals surface area (Å²) in [4.78, 5) is 38.5. The van der Waals surface area contributed by atoms with Gasteiger partial charge in [-0.3, -0.25) is 24.4 Å². The molecule has 2 aromatic heterocycles. The molecule has 33 heavy (non-hydrogen) atoms. The van der Waals surface area contributed by atoms with Gasteiger partial charge in [-0.1, -0.05) is 11.3 Å². The number of imide groups is 1. The van der Waals surface area contributed by atoms with Gasteiger partial charge in [0, 0.05) is 36.7 Å². The molecule has 6 rings (SSSR count). The SMILES string of the molecule is Cn1nc2c(c1-c1cn(-c3cccc4c3CN(C3CCC(=O)NC3=O)C4=O)nn1)CCCC2. The predicted octanol–water partition coefficient (Wildman–Crippen LogP) is 1.31. The van der Waals surface area contributed by atoms with Crippen LogP contribution in [-0.2, 0) is 36.0 Å². The van der Waals surface area contributed by atoms with Gasteiger partial charge in [0.15, 0.2) is 0 Å². The third-order valence-corrected chi connectivity index (χ3v) is 6.86. The van der Waals surface area contributed by atoms with Crippen molar-refractivity contribution in [3.8, 4) is 17.1 Å². The second-order valence-corrected chi connectivity index (χ2v) is 8.86. The molecule has 10 nitrogen and oxygen atoms in total. The molecular formula is C23H23N7O3. The molecule has 3 amide bonds. The van der Waals surface area contributed by atoms with E-state index in [2.05, 4.69) is 20.7 Å². The first kappa shape index (κ1) is 19.8. The number of aryl methyl sites for hydroxylation is 2. The Kier molecular flexibility index (Phi) is 4.42. The first-order valence-electron chi connectivity index (χ1n) is 11.3. The van der Waals surface area contributed by atoms with Crippen LogP contribution in [-0.4, -0.2) is 53.4 Å². The number of fused-ring (bicyclic) bond motifs is 2. The molecule has 2 aliphatic heterocycles. The van der Waals surface area contributed by atoms with Crippen molar-refractivity contribution in [3.63, 3.8) is 0 Å². The third kappa shape index (κ3) is 3.08. The van der Waals surface area contributed by atoms with Crippen LogP contribution in [0, 0.1) is 0 Å². The molecule has 0 radical (unpaired) electrons. The molecule has 168 valence electrons. The number of piperidine rings is 1. The van der Waals surface area contributed by atoms with Crippen LogP contribution in [0.1, 0.15) is 52.9 Å². The van der Waals surface area contributed by atoms with E-state index in [4.69, 9.17) is 0 Å². The minimum absolute atomic E-state index is 0.206. The molecule has 1 aliphatic carbocycles. The van der Waals surface area contributed by atoms with Gasteiger partial charge in [0.05, 0.1) is 23.3 Å². The normalized spacial score (nSPS) is 20.1. The van der Waals surface area contributed by atoms with Gasteiger partial charge in [-0.25, -0.2) is 4.68 Å². The molecule has 0 saturated carbocycles. The Bertz CT molecular complexity index is 1320. The molecule has 1 aromatic carbocycles. The van der Waals surface area contributed by atoms with Crippen molar-refractivity contribution in [2.75, 3.05) is 0 Å². The topological polar surface area (TPSA) is 115 Å². The molecule has 1 saturated heterocycles. The lowest BCUT2D eigenvalue weighted by Gasteiger charge is -2.29. The van der Waals surface area contributed by atoms with Crippen LogP contribution in [0.4, 0.5) is 0 Å². The van der Waals surface area contributed by atoms with E-state index in [9.17, 15) is 14.4 Å². The first-order chi connectivity index (χ1) is 16.0. The molecule has 1 atom stereocenters. The lowest BCUT2D eigenvalue weighted by Crippen LogP contribution is -2.52. The average Bonchev–Trinajstić information content (AvgIpc) is 3.49. The first-order valence-corrected chi connectivity index (χ1v) is 11.3. The maximum Gasteiger partial charge on any atom is 0.255 e. The Morgan fingerprint density at radius 2 is 1.91 bits per heavy atom. The molecule has 1 fully saturated rings. The summed E-state index contributed by atoms with van der Waals surface area (Å²) in [5.41, 5.74) is 6.22. The van der Waals surface area contributed by atoms with Gasteiger partial charge in [-0.05, 0) is 44.2 Å². The van der Waals surface area contributed by atoms with Gasteiger partial charge in [0.1, 0.15) is 11.7 Å². The number of carbonyl (C=O) groups excluding carboxylic acids is 3. The summed E-state index contributed by atoms with van der Waals surface area (Å²) in [6, 6.07) is 4.83. The number of nitrogens with zero attached hydrogens (tertiary/aromatic N) is 6. The Balaban J connectivity index is 1.35. The monoisotopic (exact) mass is 445 g/mol. The lowest BCUT2D eigenvalue weighted by atomic mass is 9.95. The number of benzene rings is 1. The second kappa shape index (κ2) is 7.36. The van der Waals surface area contributed by atoms with E-state index in [0.717, 1.165) is 54.0 Å². The van der Waals surface area contributed by atoms with Crippen molar-refractivity contribution in [1.82, 2.24) is 35.0 Å². The summed E-state index contributed by atoms with van der Waals surface area (Å²) in [6.07, 6.45) is 6.71. The summed E-state index contributed by atoms with van der Waals surface area (Å²) >= 11 is 0. The van der Waals surface area contributed by atoms with Gasteiger partial charge in [-0.15, -0.1) is 5.10 Å². The Hall–Kier alpha value is -3.82. The highest BCUT2D eigenvalue weighted by molar-refractivity contribution is 6.05. The minimum Gasteiger partial charge on any atom is -0.322 e. The van der Waals surface area contributed by atoms with Gasteiger partial charge in [-0.2, -0.15) is 5.10 Å². The minimum atomic E-state index is -0.650. The highest BCUT2D eigenvalue weighted by Crippen LogP contribution is 2.33. The van der Waals surface area contributed by atoms with Crippen molar-refractivity contribution in [2.45, 2.75) is 51.1 Å². The van der Waals surface area contributed by atoms with Gasteiger partial charge in [0.2, 0.25) is 11.8 Å². The molecule has 10 heteroatoms. The number of rotatable bonds is 3. The quantitative estimate of drug-likeness (QED) is 0.608. The largest absolute Gasteiger partial charge is 0.322 e. The van der Waals surface area contributed by atoms with Crippen molar-refractivity contribution < 1.29 is 14.4 Å². The molecule has 1 unspecified atom stereocenters. The van der Waals surface area contributed by atoms with E-state index in [1.165, 1.54) is 5.56 Å². The van der Waals surface area contributed by atoms with Crippen molar-refractivity contribution in [1.29, 1.82) is 0 Å². The zero-order chi connectivity index (χ0) is 22.7. The van der Waals surface area contributed by atoms with Crippen LogP contribution >= 0.6 is 0 Å². The van der Waals surface area contributed by atoms with E-state index in [1.807, 2.05) is 30.1 Å². The molecule has 0 bridgehead atoms. The molecular weight excluding hydrogens is 422 g/mol. The van der Waals surface area contributed by atoms with Gasteiger partial charge >= 0.3 is 0 Å².